The van der Waals surface area contributed by atoms with Gasteiger partial charge < -0.3 is 33.9 Å². The van der Waals surface area contributed by atoms with Crippen LogP contribution in [0.4, 0.5) is 0 Å². The number of benzene rings is 2. The van der Waals surface area contributed by atoms with Gasteiger partial charge in [-0.05, 0) is 35.4 Å². The molecule has 3 rings (SSSR count). The van der Waals surface area contributed by atoms with Gasteiger partial charge >= 0.3 is 0 Å². The maximum absolute atomic E-state index is 13.7. The van der Waals surface area contributed by atoms with Crippen LogP contribution in [-0.4, -0.2) is 72.2 Å². The SMILES string of the molecule is COc1ccc(C([O-])=C2C(=O)C(=O)N(CCC[NH+](C)C)C2c2cc(OC)c(OC)c(OC)c2)cc1Cl. The molecule has 1 fully saturated rings. The maximum atomic E-state index is 13.7. The molecule has 0 saturated carbocycles. The fraction of sp³-hybridized carbons (Fsp3) is 0.385. The first-order chi connectivity index (χ1) is 17.2. The zero-order valence-corrected chi connectivity index (χ0v) is 22.0. The summed E-state index contributed by atoms with van der Waals surface area (Å²) in [6.45, 7) is 1.06. The van der Waals surface area contributed by atoms with E-state index in [0.717, 1.165) is 6.54 Å². The highest BCUT2D eigenvalue weighted by Crippen LogP contribution is 2.45. The Hall–Kier alpha value is -3.43. The molecule has 9 nitrogen and oxygen atoms in total. The molecule has 36 heavy (non-hydrogen) atoms. The third-order valence-electron chi connectivity index (χ3n) is 6.02. The number of nitrogens with one attached hydrogen (secondary N) is 1. The number of Topliss-reactive ketones (excluding diaryl/α,β-unsaturated/α-hetero) is 1. The first-order valence-corrected chi connectivity index (χ1v) is 11.8. The molecule has 2 aromatic carbocycles. The van der Waals surface area contributed by atoms with Crippen molar-refractivity contribution in [1.29, 1.82) is 0 Å². The molecule has 2 aromatic rings. The summed E-state index contributed by atoms with van der Waals surface area (Å²) in [5.74, 6) is -0.727. The average molecular weight is 519 g/mol. The van der Waals surface area contributed by atoms with Crippen molar-refractivity contribution in [2.24, 2.45) is 0 Å². The highest BCUT2D eigenvalue weighted by atomic mass is 35.5. The van der Waals surface area contributed by atoms with Gasteiger partial charge in [-0.25, -0.2) is 0 Å². The molecule has 10 heteroatoms. The number of amides is 1. The monoisotopic (exact) mass is 518 g/mol. The number of hydrogen-bond donors (Lipinski definition) is 1. The van der Waals surface area contributed by atoms with E-state index in [1.807, 2.05) is 14.1 Å². The van der Waals surface area contributed by atoms with Gasteiger partial charge in [0.15, 0.2) is 11.5 Å². The summed E-state index contributed by atoms with van der Waals surface area (Å²) in [7, 11) is 9.89. The predicted molar refractivity (Wildman–Crippen MR) is 133 cm³/mol. The number of carbonyl (C=O) groups excluding carboxylic acids is 2. The number of ether oxygens (including phenoxy) is 4. The van der Waals surface area contributed by atoms with Gasteiger partial charge in [-0.3, -0.25) is 9.59 Å². The van der Waals surface area contributed by atoms with E-state index in [1.54, 1.807) is 18.2 Å². The average Bonchev–Trinajstić information content (AvgIpc) is 3.12. The molecule has 1 unspecified atom stereocenters. The molecule has 1 amide bonds. The van der Waals surface area contributed by atoms with Gasteiger partial charge in [-0.2, -0.15) is 0 Å². The number of carbonyl (C=O) groups is 2. The highest BCUT2D eigenvalue weighted by Gasteiger charge is 2.44. The zero-order valence-electron chi connectivity index (χ0n) is 21.3. The van der Waals surface area contributed by atoms with Gasteiger partial charge in [0, 0.05) is 18.5 Å². The lowest BCUT2D eigenvalue weighted by molar-refractivity contribution is -0.858. The fourth-order valence-corrected chi connectivity index (χ4v) is 4.53. The van der Waals surface area contributed by atoms with E-state index in [1.165, 1.54) is 50.4 Å². The minimum Gasteiger partial charge on any atom is -0.872 e. The second kappa shape index (κ2) is 11.5. The number of likely N-dealkylation sites (tertiary alicyclic amines) is 1. The molecular weight excluding hydrogens is 488 g/mol. The van der Waals surface area contributed by atoms with Crippen molar-refractivity contribution in [2.75, 3.05) is 55.6 Å². The van der Waals surface area contributed by atoms with Gasteiger partial charge in [0.05, 0.1) is 60.1 Å². The Morgan fingerprint density at radius 2 is 1.58 bits per heavy atom. The summed E-state index contributed by atoms with van der Waals surface area (Å²) in [5, 5.41) is 13.9. The quantitative estimate of drug-likeness (QED) is 0.286. The smallest absolute Gasteiger partial charge is 0.295 e. The fourth-order valence-electron chi connectivity index (χ4n) is 4.27. The van der Waals surface area contributed by atoms with Crippen molar-refractivity contribution in [2.45, 2.75) is 12.5 Å². The number of methoxy groups -OCH3 is 4. The maximum Gasteiger partial charge on any atom is 0.295 e. The lowest BCUT2D eigenvalue weighted by Gasteiger charge is -2.28. The number of nitrogens with zero attached hydrogens (tertiary/aromatic N) is 1. The van der Waals surface area contributed by atoms with Gasteiger partial charge in [0.1, 0.15) is 5.75 Å². The second-order valence-electron chi connectivity index (χ2n) is 8.59. The Bertz CT molecular complexity index is 1150. The summed E-state index contributed by atoms with van der Waals surface area (Å²) in [6, 6.07) is 6.85. The standard InChI is InChI=1S/C26H31ClN2O7/c1-28(2)10-7-11-29-22(16-13-19(34-4)25(36-6)20(14-16)35-5)21(24(31)26(29)32)23(30)15-8-9-18(33-3)17(27)12-15/h8-9,12-14,22,30H,7,10-11H2,1-6H3. The molecular formula is C26H31ClN2O7. The summed E-state index contributed by atoms with van der Waals surface area (Å²) in [4.78, 5) is 29.1. The van der Waals surface area contributed by atoms with Crippen LogP contribution in [0.1, 0.15) is 23.6 Å². The molecule has 0 radical (unpaired) electrons. The molecule has 1 atom stereocenters. The minimum atomic E-state index is -0.941. The second-order valence-corrected chi connectivity index (χ2v) is 9.00. The van der Waals surface area contributed by atoms with Gasteiger partial charge in [-0.1, -0.05) is 23.4 Å². The molecule has 1 aliphatic heterocycles. The van der Waals surface area contributed by atoms with E-state index >= 15 is 0 Å². The van der Waals surface area contributed by atoms with E-state index in [0.29, 0.717) is 35.0 Å². The molecule has 0 aliphatic carbocycles. The first kappa shape index (κ1) is 27.2. The third-order valence-corrected chi connectivity index (χ3v) is 6.32. The number of quaternary nitrogens is 1. The van der Waals surface area contributed by atoms with Crippen molar-refractivity contribution in [1.82, 2.24) is 4.90 Å². The van der Waals surface area contributed by atoms with Crippen molar-refractivity contribution >= 4 is 29.1 Å². The molecule has 1 N–H and O–H groups in total. The van der Waals surface area contributed by atoms with Crippen LogP contribution in [0.25, 0.3) is 5.76 Å². The Kier molecular flexibility index (Phi) is 8.70. The Balaban J connectivity index is 2.23. The van der Waals surface area contributed by atoms with Crippen molar-refractivity contribution in [3.8, 4) is 23.0 Å². The Morgan fingerprint density at radius 1 is 0.972 bits per heavy atom. The molecule has 1 heterocycles. The van der Waals surface area contributed by atoms with E-state index in [-0.39, 0.29) is 22.7 Å². The lowest BCUT2D eigenvalue weighted by atomic mass is 9.94. The Labute approximate surface area is 215 Å². The molecule has 194 valence electrons. The molecule has 0 aromatic heterocycles. The van der Waals surface area contributed by atoms with Crippen LogP contribution in [0, 0.1) is 0 Å². The lowest BCUT2D eigenvalue weighted by Crippen LogP contribution is -3.05. The number of rotatable bonds is 10. The highest BCUT2D eigenvalue weighted by molar-refractivity contribution is 6.46. The molecule has 1 aliphatic rings. The van der Waals surface area contributed by atoms with Gasteiger partial charge in [0.2, 0.25) is 11.5 Å². The zero-order chi connectivity index (χ0) is 26.6. The van der Waals surface area contributed by atoms with Crippen LogP contribution in [-0.2, 0) is 9.59 Å². The van der Waals surface area contributed by atoms with Crippen molar-refractivity contribution in [3.63, 3.8) is 0 Å². The first-order valence-electron chi connectivity index (χ1n) is 11.4. The van der Waals surface area contributed by atoms with E-state index in [2.05, 4.69) is 0 Å². The van der Waals surface area contributed by atoms with E-state index in [4.69, 9.17) is 30.5 Å². The third kappa shape index (κ3) is 5.22. The van der Waals surface area contributed by atoms with Gasteiger partial charge in [0.25, 0.3) is 5.91 Å². The molecule has 0 bridgehead atoms. The van der Waals surface area contributed by atoms with Crippen molar-refractivity contribution in [3.05, 3.63) is 52.1 Å². The van der Waals surface area contributed by atoms with E-state index in [9.17, 15) is 14.7 Å². The van der Waals surface area contributed by atoms with Crippen LogP contribution in [0.15, 0.2) is 35.9 Å². The number of ketones is 1. The van der Waals surface area contributed by atoms with Gasteiger partial charge in [-0.15, -0.1) is 0 Å². The summed E-state index contributed by atoms with van der Waals surface area (Å²) in [5.41, 5.74) is 0.505. The normalized spacial score (nSPS) is 17.0. The molecule has 0 spiro atoms. The van der Waals surface area contributed by atoms with Crippen LogP contribution in [0.3, 0.4) is 0 Å². The largest absolute Gasteiger partial charge is 0.872 e. The molecule has 1 saturated heterocycles. The van der Waals surface area contributed by atoms with Crippen LogP contribution in [0.2, 0.25) is 5.02 Å². The summed E-state index contributed by atoms with van der Waals surface area (Å²) in [6.07, 6.45) is 0.637. The number of halogens is 1. The van der Waals surface area contributed by atoms with Crippen LogP contribution >= 0.6 is 11.6 Å². The van der Waals surface area contributed by atoms with E-state index < -0.39 is 23.5 Å². The van der Waals surface area contributed by atoms with Crippen LogP contribution in [0.5, 0.6) is 23.0 Å². The topological polar surface area (TPSA) is 102 Å². The minimum absolute atomic E-state index is 0.160. The predicted octanol–water partition coefficient (Wildman–Crippen LogP) is 1.13. The van der Waals surface area contributed by atoms with Crippen LogP contribution < -0.4 is 29.0 Å². The summed E-state index contributed by atoms with van der Waals surface area (Å²) < 4.78 is 21.5. The Morgan fingerprint density at radius 3 is 2.08 bits per heavy atom. The summed E-state index contributed by atoms with van der Waals surface area (Å²) >= 11 is 6.24. The number of hydrogen-bond acceptors (Lipinski definition) is 7. The van der Waals surface area contributed by atoms with Crippen molar-refractivity contribution < 1.29 is 38.5 Å².